The minimum Gasteiger partial charge on any atom is -0.480 e. The Morgan fingerprint density at radius 1 is 1.45 bits per heavy atom. The van der Waals surface area contributed by atoms with Gasteiger partial charge in [-0.2, -0.15) is 0 Å². The SMILES string of the molecule is CC(C)(C)OCCC(NC(=O)c1ccc(Br)o1)C(=O)O. The van der Waals surface area contributed by atoms with E-state index < -0.39 is 17.9 Å². The van der Waals surface area contributed by atoms with E-state index in [4.69, 9.17) is 14.3 Å². The molecule has 1 amide bonds. The molecule has 0 radical (unpaired) electrons. The summed E-state index contributed by atoms with van der Waals surface area (Å²) in [5, 5.41) is 11.5. The summed E-state index contributed by atoms with van der Waals surface area (Å²) in [7, 11) is 0. The summed E-state index contributed by atoms with van der Waals surface area (Å²) < 4.78 is 10.9. The van der Waals surface area contributed by atoms with Crippen molar-refractivity contribution >= 4 is 27.8 Å². The molecule has 0 aliphatic carbocycles. The lowest BCUT2D eigenvalue weighted by molar-refractivity contribution is -0.140. The predicted octanol–water partition coefficient (Wildman–Crippen LogP) is 2.43. The molecule has 1 unspecified atom stereocenters. The van der Waals surface area contributed by atoms with E-state index in [0.29, 0.717) is 4.67 Å². The summed E-state index contributed by atoms with van der Waals surface area (Å²) in [5.74, 6) is -1.62. The Balaban J connectivity index is 2.55. The van der Waals surface area contributed by atoms with E-state index in [-0.39, 0.29) is 24.4 Å². The van der Waals surface area contributed by atoms with Gasteiger partial charge in [0.1, 0.15) is 6.04 Å². The lowest BCUT2D eigenvalue weighted by Crippen LogP contribution is -2.41. The van der Waals surface area contributed by atoms with E-state index in [2.05, 4.69) is 21.2 Å². The highest BCUT2D eigenvalue weighted by atomic mass is 79.9. The number of carboxylic acid groups (broad SMARTS) is 1. The van der Waals surface area contributed by atoms with E-state index >= 15 is 0 Å². The topological polar surface area (TPSA) is 88.8 Å². The molecule has 2 N–H and O–H groups in total. The summed E-state index contributed by atoms with van der Waals surface area (Å²) in [6.07, 6.45) is 0.181. The maximum atomic E-state index is 11.8. The average Bonchev–Trinajstić information content (AvgIpc) is 2.72. The first-order valence-electron chi connectivity index (χ1n) is 6.12. The second-order valence-electron chi connectivity index (χ2n) is 5.22. The van der Waals surface area contributed by atoms with Crippen molar-refractivity contribution in [3.8, 4) is 0 Å². The molecular weight excluding hydrogens is 330 g/mol. The van der Waals surface area contributed by atoms with E-state index in [9.17, 15) is 9.59 Å². The third-order valence-corrected chi connectivity index (χ3v) is 2.77. The van der Waals surface area contributed by atoms with Gasteiger partial charge in [0, 0.05) is 13.0 Å². The number of carbonyl (C=O) groups excluding carboxylic acids is 1. The van der Waals surface area contributed by atoms with Crippen molar-refractivity contribution in [3.63, 3.8) is 0 Å². The van der Waals surface area contributed by atoms with Crippen LogP contribution in [-0.4, -0.2) is 35.2 Å². The van der Waals surface area contributed by atoms with Gasteiger partial charge in [0.05, 0.1) is 5.60 Å². The van der Waals surface area contributed by atoms with Gasteiger partial charge in [-0.05, 0) is 48.8 Å². The lowest BCUT2D eigenvalue weighted by atomic mass is 10.1. The molecule has 0 spiro atoms. The van der Waals surface area contributed by atoms with Crippen LogP contribution in [0.2, 0.25) is 0 Å². The molecule has 1 rings (SSSR count). The number of hydrogen-bond acceptors (Lipinski definition) is 4. The molecule has 0 bridgehead atoms. The number of hydrogen-bond donors (Lipinski definition) is 2. The standard InChI is InChI=1S/C13H18BrNO5/c1-13(2,3)19-7-6-8(12(17)18)15-11(16)9-4-5-10(14)20-9/h4-5,8H,6-7H2,1-3H3,(H,15,16)(H,17,18). The molecular formula is C13H18BrNO5. The number of nitrogens with one attached hydrogen (secondary N) is 1. The third-order valence-electron chi connectivity index (χ3n) is 2.34. The van der Waals surface area contributed by atoms with Crippen LogP contribution >= 0.6 is 15.9 Å². The molecule has 1 atom stereocenters. The Morgan fingerprint density at radius 3 is 2.55 bits per heavy atom. The molecule has 0 fully saturated rings. The van der Waals surface area contributed by atoms with E-state index in [0.717, 1.165) is 0 Å². The van der Waals surface area contributed by atoms with E-state index in [1.54, 1.807) is 6.07 Å². The van der Waals surface area contributed by atoms with Crippen molar-refractivity contribution < 1.29 is 23.8 Å². The fourth-order valence-electron chi connectivity index (χ4n) is 1.41. The number of amides is 1. The minimum absolute atomic E-state index is 0.0554. The van der Waals surface area contributed by atoms with Crippen LogP contribution in [-0.2, 0) is 9.53 Å². The van der Waals surface area contributed by atoms with Crippen LogP contribution in [0.5, 0.6) is 0 Å². The van der Waals surface area contributed by atoms with Crippen molar-refractivity contribution in [2.24, 2.45) is 0 Å². The van der Waals surface area contributed by atoms with Crippen LogP contribution < -0.4 is 5.32 Å². The average molecular weight is 348 g/mol. The number of furan rings is 1. The van der Waals surface area contributed by atoms with Gasteiger partial charge in [0.25, 0.3) is 5.91 Å². The molecule has 1 heterocycles. The van der Waals surface area contributed by atoms with Gasteiger partial charge in [0.2, 0.25) is 0 Å². The van der Waals surface area contributed by atoms with Crippen LogP contribution in [0.25, 0.3) is 0 Å². The quantitative estimate of drug-likeness (QED) is 0.824. The predicted molar refractivity (Wildman–Crippen MR) is 75.6 cm³/mol. The fourth-order valence-corrected chi connectivity index (χ4v) is 1.71. The zero-order chi connectivity index (χ0) is 15.3. The van der Waals surface area contributed by atoms with Crippen molar-refractivity contribution in [2.75, 3.05) is 6.61 Å². The molecule has 0 aliphatic heterocycles. The molecule has 20 heavy (non-hydrogen) atoms. The van der Waals surface area contributed by atoms with Gasteiger partial charge in [-0.1, -0.05) is 0 Å². The summed E-state index contributed by atoms with van der Waals surface area (Å²) >= 11 is 3.08. The Bertz CT molecular complexity index is 477. The number of ether oxygens (including phenoxy) is 1. The molecule has 7 heteroatoms. The van der Waals surface area contributed by atoms with Crippen molar-refractivity contribution in [3.05, 3.63) is 22.6 Å². The Hall–Kier alpha value is -1.34. The molecule has 0 saturated heterocycles. The van der Waals surface area contributed by atoms with Gasteiger partial charge in [-0.15, -0.1) is 0 Å². The number of carboxylic acids is 1. The molecule has 1 aromatic heterocycles. The van der Waals surface area contributed by atoms with Crippen molar-refractivity contribution in [1.82, 2.24) is 5.32 Å². The highest BCUT2D eigenvalue weighted by molar-refractivity contribution is 9.10. The normalized spacial score (nSPS) is 13.0. The monoisotopic (exact) mass is 347 g/mol. The Morgan fingerprint density at radius 2 is 2.10 bits per heavy atom. The number of aliphatic carboxylic acids is 1. The van der Waals surface area contributed by atoms with E-state index in [1.807, 2.05) is 20.8 Å². The van der Waals surface area contributed by atoms with Crippen LogP contribution in [0.3, 0.4) is 0 Å². The molecule has 112 valence electrons. The zero-order valence-electron chi connectivity index (χ0n) is 11.6. The van der Waals surface area contributed by atoms with Crippen LogP contribution in [0.4, 0.5) is 0 Å². The summed E-state index contributed by atoms with van der Waals surface area (Å²) in [5.41, 5.74) is -0.348. The second kappa shape index (κ2) is 6.90. The van der Waals surface area contributed by atoms with E-state index in [1.165, 1.54) is 6.07 Å². The van der Waals surface area contributed by atoms with Gasteiger partial charge < -0.3 is 19.6 Å². The van der Waals surface area contributed by atoms with Crippen molar-refractivity contribution in [2.45, 2.75) is 38.8 Å². The largest absolute Gasteiger partial charge is 0.480 e. The molecule has 0 aliphatic rings. The minimum atomic E-state index is -1.11. The highest BCUT2D eigenvalue weighted by Gasteiger charge is 2.23. The smallest absolute Gasteiger partial charge is 0.326 e. The van der Waals surface area contributed by atoms with Gasteiger partial charge >= 0.3 is 5.97 Å². The summed E-state index contributed by atoms with van der Waals surface area (Å²) in [6, 6.07) is 2.01. The summed E-state index contributed by atoms with van der Waals surface area (Å²) in [6.45, 7) is 5.87. The number of rotatable bonds is 6. The van der Waals surface area contributed by atoms with Crippen molar-refractivity contribution in [1.29, 1.82) is 0 Å². The van der Waals surface area contributed by atoms with Gasteiger partial charge in [-0.25, -0.2) is 4.79 Å². The summed E-state index contributed by atoms with van der Waals surface area (Å²) in [4.78, 5) is 22.9. The maximum absolute atomic E-state index is 11.8. The molecule has 0 saturated carbocycles. The zero-order valence-corrected chi connectivity index (χ0v) is 13.2. The first-order valence-corrected chi connectivity index (χ1v) is 6.91. The first-order chi connectivity index (χ1) is 9.19. The molecule has 0 aromatic carbocycles. The Labute approximate surface area is 125 Å². The maximum Gasteiger partial charge on any atom is 0.326 e. The van der Waals surface area contributed by atoms with Crippen LogP contribution in [0, 0.1) is 0 Å². The number of carbonyl (C=O) groups is 2. The molecule has 6 nitrogen and oxygen atoms in total. The third kappa shape index (κ3) is 5.75. The van der Waals surface area contributed by atoms with Crippen LogP contribution in [0.1, 0.15) is 37.7 Å². The molecule has 1 aromatic rings. The van der Waals surface area contributed by atoms with Crippen LogP contribution in [0.15, 0.2) is 21.2 Å². The Kier molecular flexibility index (Phi) is 5.76. The fraction of sp³-hybridized carbons (Fsp3) is 0.538. The van der Waals surface area contributed by atoms with Gasteiger partial charge in [-0.3, -0.25) is 4.79 Å². The van der Waals surface area contributed by atoms with Gasteiger partial charge in [0.15, 0.2) is 10.4 Å². The second-order valence-corrected chi connectivity index (χ2v) is 6.00. The number of halogens is 1. The lowest BCUT2D eigenvalue weighted by Gasteiger charge is -2.21. The highest BCUT2D eigenvalue weighted by Crippen LogP contribution is 2.14. The first kappa shape index (κ1) is 16.7.